The van der Waals surface area contributed by atoms with Crippen molar-refractivity contribution < 1.29 is 17.6 Å². The van der Waals surface area contributed by atoms with E-state index in [1.165, 1.54) is 28.6 Å². The number of amides is 1. The Labute approximate surface area is 191 Å². The lowest BCUT2D eigenvalue weighted by atomic mass is 10.0. The molecule has 3 aromatic rings. The maximum atomic E-state index is 14.6. The number of aromatic nitrogens is 2. The average Bonchev–Trinajstić information content (AvgIpc) is 3.19. The molecule has 3 rings (SSSR count). The van der Waals surface area contributed by atoms with Crippen LogP contribution in [0, 0.1) is 5.82 Å². The van der Waals surface area contributed by atoms with E-state index in [4.69, 9.17) is 11.6 Å². The second-order valence-corrected chi connectivity index (χ2v) is 9.40. The zero-order chi connectivity index (χ0) is 23.5. The summed E-state index contributed by atoms with van der Waals surface area (Å²) in [4.78, 5) is 17.4. The molecule has 170 valence electrons. The number of hydrogen-bond donors (Lipinski definition) is 1. The monoisotopic (exact) mass is 478 g/mol. The summed E-state index contributed by atoms with van der Waals surface area (Å²) in [5.74, 6) is -0.751. The van der Waals surface area contributed by atoms with E-state index < -0.39 is 27.8 Å². The Kier molecular flexibility index (Phi) is 7.33. The van der Waals surface area contributed by atoms with Crippen molar-refractivity contribution in [2.24, 2.45) is 7.05 Å². The Bertz CT molecular complexity index is 1230. The Morgan fingerprint density at radius 2 is 1.91 bits per heavy atom. The van der Waals surface area contributed by atoms with E-state index in [-0.39, 0.29) is 34.1 Å². The largest absolute Gasteiger partial charge is 0.338 e. The molecule has 0 aliphatic heterocycles. The number of sulfonamides is 1. The first-order valence-corrected chi connectivity index (χ1v) is 11.8. The van der Waals surface area contributed by atoms with Crippen molar-refractivity contribution in [3.63, 3.8) is 0 Å². The highest BCUT2D eigenvalue weighted by molar-refractivity contribution is 7.89. The first kappa shape index (κ1) is 23.9. The molecule has 10 heteroatoms. The van der Waals surface area contributed by atoms with Crippen LogP contribution in [0.3, 0.4) is 0 Å². The van der Waals surface area contributed by atoms with Crippen LogP contribution < -0.4 is 5.32 Å². The molecule has 1 atom stereocenters. The van der Waals surface area contributed by atoms with Gasteiger partial charge in [-0.25, -0.2) is 17.8 Å². The van der Waals surface area contributed by atoms with Gasteiger partial charge in [-0.1, -0.05) is 43.6 Å². The van der Waals surface area contributed by atoms with Crippen LogP contribution in [0.2, 0.25) is 5.02 Å². The topological polar surface area (TPSA) is 84.3 Å². The first-order chi connectivity index (χ1) is 15.2. The lowest BCUT2D eigenvalue weighted by molar-refractivity contribution is 0.0940. The second-order valence-electron chi connectivity index (χ2n) is 7.06. The normalized spacial score (nSPS) is 12.7. The molecule has 0 spiro atoms. The molecule has 0 aliphatic rings. The third-order valence-corrected chi connectivity index (χ3v) is 7.51. The number of aryl methyl sites for hydroxylation is 1. The van der Waals surface area contributed by atoms with E-state index in [0.717, 1.165) is 0 Å². The molecule has 1 amide bonds. The van der Waals surface area contributed by atoms with Crippen molar-refractivity contribution in [2.45, 2.75) is 24.8 Å². The fourth-order valence-corrected chi connectivity index (χ4v) is 5.09. The zero-order valence-corrected chi connectivity index (χ0v) is 19.5. The standard InChI is InChI=1S/C22H24ClFN4O3S/c1-4-28(5-2)32(30,31)15-10-11-18(23)17(14-15)22(29)26-20(21-25-12-13-27(21)3)16-8-6-7-9-19(16)24/h6-14,20H,4-5H2,1-3H3,(H,26,29). The fraction of sp³-hybridized carbons (Fsp3) is 0.273. The summed E-state index contributed by atoms with van der Waals surface area (Å²) < 4.78 is 43.3. The molecular weight excluding hydrogens is 455 g/mol. The van der Waals surface area contributed by atoms with Gasteiger partial charge in [0.2, 0.25) is 10.0 Å². The number of imidazole rings is 1. The summed E-state index contributed by atoms with van der Waals surface area (Å²) in [6, 6.07) is 9.11. The van der Waals surface area contributed by atoms with Gasteiger partial charge in [0.15, 0.2) is 0 Å². The van der Waals surface area contributed by atoms with Crippen molar-refractivity contribution in [1.29, 1.82) is 0 Å². The molecule has 0 radical (unpaired) electrons. The molecule has 1 N–H and O–H groups in total. The van der Waals surface area contributed by atoms with Gasteiger partial charge in [-0.2, -0.15) is 4.31 Å². The van der Waals surface area contributed by atoms with Crippen LogP contribution in [-0.2, 0) is 17.1 Å². The molecule has 0 saturated heterocycles. The number of benzene rings is 2. The van der Waals surface area contributed by atoms with Crippen LogP contribution in [0.4, 0.5) is 4.39 Å². The Morgan fingerprint density at radius 1 is 1.22 bits per heavy atom. The molecule has 0 fully saturated rings. The molecule has 1 aromatic heterocycles. The fourth-order valence-electron chi connectivity index (χ4n) is 3.41. The molecule has 0 bridgehead atoms. The van der Waals surface area contributed by atoms with Crippen molar-refractivity contribution in [2.75, 3.05) is 13.1 Å². The van der Waals surface area contributed by atoms with Gasteiger partial charge in [0.25, 0.3) is 5.91 Å². The van der Waals surface area contributed by atoms with Gasteiger partial charge >= 0.3 is 0 Å². The molecule has 2 aromatic carbocycles. The summed E-state index contributed by atoms with van der Waals surface area (Å²) in [6.07, 6.45) is 3.22. The van der Waals surface area contributed by atoms with Gasteiger partial charge in [-0.15, -0.1) is 0 Å². The number of nitrogens with zero attached hydrogens (tertiary/aromatic N) is 3. The maximum absolute atomic E-state index is 14.6. The minimum absolute atomic E-state index is 0.0320. The Morgan fingerprint density at radius 3 is 2.50 bits per heavy atom. The highest BCUT2D eigenvalue weighted by Crippen LogP contribution is 2.27. The zero-order valence-electron chi connectivity index (χ0n) is 17.9. The average molecular weight is 479 g/mol. The number of rotatable bonds is 8. The predicted molar refractivity (Wildman–Crippen MR) is 120 cm³/mol. The summed E-state index contributed by atoms with van der Waals surface area (Å²) >= 11 is 6.24. The molecule has 0 aliphatic carbocycles. The van der Waals surface area contributed by atoms with E-state index in [9.17, 15) is 17.6 Å². The highest BCUT2D eigenvalue weighted by Gasteiger charge is 2.27. The number of halogens is 2. The first-order valence-electron chi connectivity index (χ1n) is 10.0. The van der Waals surface area contributed by atoms with Crippen molar-refractivity contribution in [3.8, 4) is 0 Å². The minimum Gasteiger partial charge on any atom is -0.338 e. The van der Waals surface area contributed by atoms with Gasteiger partial charge < -0.3 is 9.88 Å². The van der Waals surface area contributed by atoms with Gasteiger partial charge in [0.1, 0.15) is 17.7 Å². The molecule has 0 saturated carbocycles. The molecule has 1 heterocycles. The number of carbonyl (C=O) groups excluding carboxylic acids is 1. The van der Waals surface area contributed by atoms with Crippen LogP contribution in [-0.4, -0.2) is 41.3 Å². The van der Waals surface area contributed by atoms with Gasteiger partial charge in [-0.3, -0.25) is 4.79 Å². The lowest BCUT2D eigenvalue weighted by Gasteiger charge is -2.21. The highest BCUT2D eigenvalue weighted by atomic mass is 35.5. The third-order valence-electron chi connectivity index (χ3n) is 5.13. The molecular formula is C22H24ClFN4O3S. The van der Waals surface area contributed by atoms with E-state index in [0.29, 0.717) is 5.82 Å². The number of nitrogens with one attached hydrogen (secondary N) is 1. The maximum Gasteiger partial charge on any atom is 0.253 e. The third kappa shape index (κ3) is 4.69. The predicted octanol–water partition coefficient (Wildman–Crippen LogP) is 3.76. The van der Waals surface area contributed by atoms with Gasteiger partial charge in [-0.05, 0) is 24.3 Å². The van der Waals surface area contributed by atoms with E-state index in [1.807, 2.05) is 0 Å². The van der Waals surface area contributed by atoms with Crippen LogP contribution in [0.25, 0.3) is 0 Å². The number of hydrogen-bond acceptors (Lipinski definition) is 4. The van der Waals surface area contributed by atoms with Crippen LogP contribution in [0.5, 0.6) is 0 Å². The summed E-state index contributed by atoms with van der Waals surface area (Å²) in [5.41, 5.74) is 0.189. The summed E-state index contributed by atoms with van der Waals surface area (Å²) in [5, 5.41) is 2.83. The Hall–Kier alpha value is -2.75. The van der Waals surface area contributed by atoms with Crippen molar-refractivity contribution >= 4 is 27.5 Å². The van der Waals surface area contributed by atoms with Gasteiger partial charge in [0, 0.05) is 38.1 Å². The van der Waals surface area contributed by atoms with Crippen LogP contribution >= 0.6 is 11.6 Å². The van der Waals surface area contributed by atoms with Crippen LogP contribution in [0.1, 0.15) is 41.6 Å². The quantitative estimate of drug-likeness (QED) is 0.534. The summed E-state index contributed by atoms with van der Waals surface area (Å²) in [6.45, 7) is 4.04. The summed E-state index contributed by atoms with van der Waals surface area (Å²) in [7, 11) is -2.06. The van der Waals surface area contributed by atoms with E-state index in [1.54, 1.807) is 56.1 Å². The second kappa shape index (κ2) is 9.81. The van der Waals surface area contributed by atoms with Gasteiger partial charge in [0.05, 0.1) is 15.5 Å². The van der Waals surface area contributed by atoms with Crippen LogP contribution in [0.15, 0.2) is 59.8 Å². The van der Waals surface area contributed by atoms with E-state index in [2.05, 4.69) is 10.3 Å². The molecule has 7 nitrogen and oxygen atoms in total. The van der Waals surface area contributed by atoms with E-state index >= 15 is 0 Å². The minimum atomic E-state index is -3.79. The smallest absolute Gasteiger partial charge is 0.253 e. The SMILES string of the molecule is CCN(CC)S(=O)(=O)c1ccc(Cl)c(C(=O)NC(c2ccccc2F)c2nccn2C)c1. The lowest BCUT2D eigenvalue weighted by Crippen LogP contribution is -2.33. The number of carbonyl (C=O) groups is 1. The van der Waals surface area contributed by atoms with Crippen molar-refractivity contribution in [3.05, 3.63) is 82.6 Å². The molecule has 1 unspecified atom stereocenters. The van der Waals surface area contributed by atoms with Crippen molar-refractivity contribution in [1.82, 2.24) is 19.2 Å². The Balaban J connectivity index is 2.02. The molecule has 32 heavy (non-hydrogen) atoms.